The first-order valence-corrected chi connectivity index (χ1v) is 8.78. The van der Waals surface area contributed by atoms with Crippen molar-refractivity contribution in [3.8, 4) is 0 Å². The van der Waals surface area contributed by atoms with E-state index in [1.165, 1.54) is 12.1 Å². The van der Waals surface area contributed by atoms with Crippen LogP contribution in [-0.4, -0.2) is 19.5 Å². The van der Waals surface area contributed by atoms with E-state index >= 15 is 0 Å². The van der Waals surface area contributed by atoms with E-state index in [9.17, 15) is 13.2 Å². The summed E-state index contributed by atoms with van der Waals surface area (Å²) >= 11 is 6.00. The van der Waals surface area contributed by atoms with Gasteiger partial charge in [-0.15, -0.1) is 0 Å². The molecule has 0 heterocycles. The number of carbonyl (C=O) groups is 1. The van der Waals surface area contributed by atoms with Crippen LogP contribution >= 0.6 is 11.6 Å². The molecule has 5 nitrogen and oxygen atoms in total. The van der Waals surface area contributed by atoms with Crippen molar-refractivity contribution in [1.29, 1.82) is 0 Å². The van der Waals surface area contributed by atoms with Crippen LogP contribution in [0.2, 0.25) is 5.02 Å². The van der Waals surface area contributed by atoms with Gasteiger partial charge >= 0.3 is 5.97 Å². The SMILES string of the molecule is O=C(O)CCc1ccc(S(=O)(=O)NCc2ccccc2Cl)cc1. The Hall–Kier alpha value is -1.89. The average molecular weight is 354 g/mol. The van der Waals surface area contributed by atoms with Crippen molar-refractivity contribution in [2.75, 3.05) is 0 Å². The lowest BCUT2D eigenvalue weighted by atomic mass is 10.1. The molecule has 0 aliphatic heterocycles. The zero-order valence-electron chi connectivity index (χ0n) is 12.2. The van der Waals surface area contributed by atoms with Crippen molar-refractivity contribution in [3.05, 3.63) is 64.7 Å². The van der Waals surface area contributed by atoms with Gasteiger partial charge in [0.1, 0.15) is 0 Å². The molecule has 2 N–H and O–H groups in total. The van der Waals surface area contributed by atoms with Gasteiger partial charge in [0.2, 0.25) is 10.0 Å². The second-order valence-electron chi connectivity index (χ2n) is 4.95. The minimum Gasteiger partial charge on any atom is -0.481 e. The number of benzene rings is 2. The Morgan fingerprint density at radius 1 is 1.09 bits per heavy atom. The lowest BCUT2D eigenvalue weighted by Gasteiger charge is -2.08. The zero-order valence-corrected chi connectivity index (χ0v) is 13.8. The number of nitrogens with one attached hydrogen (secondary N) is 1. The number of rotatable bonds is 7. The van der Waals surface area contributed by atoms with Crippen molar-refractivity contribution in [3.63, 3.8) is 0 Å². The number of aliphatic carboxylic acids is 1. The zero-order chi connectivity index (χ0) is 16.9. The number of sulfonamides is 1. The molecule has 0 spiro atoms. The molecule has 0 amide bonds. The number of carboxylic acids is 1. The summed E-state index contributed by atoms with van der Waals surface area (Å²) in [7, 11) is -3.65. The summed E-state index contributed by atoms with van der Waals surface area (Å²) in [4.78, 5) is 10.7. The molecular formula is C16H16ClNO4S. The van der Waals surface area contributed by atoms with Gasteiger partial charge in [0.05, 0.1) is 4.90 Å². The third-order valence-corrected chi connectivity index (χ3v) is 5.06. The number of aryl methyl sites for hydroxylation is 1. The minimum atomic E-state index is -3.65. The molecule has 0 saturated carbocycles. The molecule has 122 valence electrons. The lowest BCUT2D eigenvalue weighted by Crippen LogP contribution is -2.23. The van der Waals surface area contributed by atoms with E-state index in [4.69, 9.17) is 16.7 Å². The molecule has 0 aromatic heterocycles. The van der Waals surface area contributed by atoms with Crippen LogP contribution in [0.1, 0.15) is 17.5 Å². The van der Waals surface area contributed by atoms with E-state index in [0.717, 1.165) is 5.56 Å². The van der Waals surface area contributed by atoms with Gasteiger partial charge in [0.15, 0.2) is 0 Å². The largest absolute Gasteiger partial charge is 0.481 e. The summed E-state index contributed by atoms with van der Waals surface area (Å²) in [6, 6.07) is 13.2. The van der Waals surface area contributed by atoms with Crippen LogP contribution in [0, 0.1) is 0 Å². The molecule has 0 fully saturated rings. The number of hydrogen-bond acceptors (Lipinski definition) is 3. The molecule has 0 unspecified atom stereocenters. The normalized spacial score (nSPS) is 11.3. The molecule has 23 heavy (non-hydrogen) atoms. The van der Waals surface area contributed by atoms with Gasteiger partial charge in [-0.3, -0.25) is 4.79 Å². The molecule has 2 aromatic rings. The van der Waals surface area contributed by atoms with E-state index in [0.29, 0.717) is 17.0 Å². The third-order valence-electron chi connectivity index (χ3n) is 3.27. The van der Waals surface area contributed by atoms with Gasteiger partial charge < -0.3 is 5.11 Å². The Morgan fingerprint density at radius 2 is 1.74 bits per heavy atom. The fourth-order valence-electron chi connectivity index (χ4n) is 1.98. The van der Waals surface area contributed by atoms with Gasteiger partial charge in [-0.2, -0.15) is 0 Å². The fraction of sp³-hybridized carbons (Fsp3) is 0.188. The van der Waals surface area contributed by atoms with Gasteiger partial charge in [-0.25, -0.2) is 13.1 Å². The van der Waals surface area contributed by atoms with E-state index in [1.54, 1.807) is 36.4 Å². The van der Waals surface area contributed by atoms with Crippen LogP contribution in [0.3, 0.4) is 0 Å². The van der Waals surface area contributed by atoms with Crippen molar-refractivity contribution in [2.24, 2.45) is 0 Å². The first-order chi connectivity index (χ1) is 10.9. The summed E-state index contributed by atoms with van der Waals surface area (Å²) in [5.74, 6) is -0.886. The summed E-state index contributed by atoms with van der Waals surface area (Å²) in [6.45, 7) is 0.1000. The van der Waals surface area contributed by atoms with Crippen LogP contribution < -0.4 is 4.72 Å². The van der Waals surface area contributed by atoms with E-state index < -0.39 is 16.0 Å². The van der Waals surface area contributed by atoms with Gasteiger partial charge in [0, 0.05) is 18.0 Å². The quantitative estimate of drug-likeness (QED) is 0.801. The van der Waals surface area contributed by atoms with Crippen molar-refractivity contribution in [1.82, 2.24) is 4.72 Å². The molecule has 0 saturated heterocycles. The maximum Gasteiger partial charge on any atom is 0.303 e. The first-order valence-electron chi connectivity index (χ1n) is 6.92. The van der Waals surface area contributed by atoms with Crippen molar-refractivity contribution >= 4 is 27.6 Å². The smallest absolute Gasteiger partial charge is 0.303 e. The maximum atomic E-state index is 12.2. The highest BCUT2D eigenvalue weighted by Gasteiger charge is 2.14. The Labute approximate surface area is 140 Å². The Morgan fingerprint density at radius 3 is 2.35 bits per heavy atom. The molecule has 0 aliphatic rings. The van der Waals surface area contributed by atoms with Gasteiger partial charge in [0.25, 0.3) is 0 Å². The third kappa shape index (κ3) is 5.06. The second-order valence-corrected chi connectivity index (χ2v) is 7.13. The predicted octanol–water partition coefficient (Wildman–Crippen LogP) is 2.84. The topological polar surface area (TPSA) is 83.5 Å². The molecule has 0 bridgehead atoms. The lowest BCUT2D eigenvalue weighted by molar-refractivity contribution is -0.136. The summed E-state index contributed by atoms with van der Waals surface area (Å²) in [5.41, 5.74) is 1.47. The molecule has 2 rings (SSSR count). The summed E-state index contributed by atoms with van der Waals surface area (Å²) in [5, 5.41) is 9.14. The molecular weight excluding hydrogens is 338 g/mol. The van der Waals surface area contributed by atoms with Crippen molar-refractivity contribution in [2.45, 2.75) is 24.3 Å². The highest BCUT2D eigenvalue weighted by Crippen LogP contribution is 2.16. The summed E-state index contributed by atoms with van der Waals surface area (Å²) < 4.78 is 27.0. The van der Waals surface area contributed by atoms with Crippen LogP contribution in [0.5, 0.6) is 0 Å². The highest BCUT2D eigenvalue weighted by molar-refractivity contribution is 7.89. The average Bonchev–Trinajstić information content (AvgIpc) is 2.52. The predicted molar refractivity (Wildman–Crippen MR) is 87.9 cm³/mol. The second kappa shape index (κ2) is 7.59. The molecule has 0 aliphatic carbocycles. The molecule has 0 atom stereocenters. The van der Waals surface area contributed by atoms with Gasteiger partial charge in [-0.1, -0.05) is 41.9 Å². The maximum absolute atomic E-state index is 12.2. The van der Waals surface area contributed by atoms with Crippen LogP contribution in [0.25, 0.3) is 0 Å². The number of halogens is 1. The Balaban J connectivity index is 2.04. The minimum absolute atomic E-state index is 0.0108. The standard InChI is InChI=1S/C16H16ClNO4S/c17-15-4-2-1-3-13(15)11-18-23(21,22)14-8-5-12(6-9-14)7-10-16(19)20/h1-6,8-9,18H,7,10-11H2,(H,19,20). The number of carboxylic acid groups (broad SMARTS) is 1. The summed E-state index contributed by atoms with van der Waals surface area (Å²) in [6.07, 6.45) is 0.375. The van der Waals surface area contributed by atoms with Crippen LogP contribution in [0.4, 0.5) is 0 Å². The Kier molecular flexibility index (Phi) is 5.76. The van der Waals surface area contributed by atoms with E-state index in [1.807, 2.05) is 0 Å². The molecule has 0 radical (unpaired) electrons. The van der Waals surface area contributed by atoms with E-state index in [2.05, 4.69) is 4.72 Å². The van der Waals surface area contributed by atoms with Crippen LogP contribution in [0.15, 0.2) is 53.4 Å². The monoisotopic (exact) mass is 353 g/mol. The number of hydrogen-bond donors (Lipinski definition) is 2. The first kappa shape index (κ1) is 17.5. The molecule has 2 aromatic carbocycles. The highest BCUT2D eigenvalue weighted by atomic mass is 35.5. The fourth-order valence-corrected chi connectivity index (χ4v) is 3.19. The Bertz CT molecular complexity index is 788. The van der Waals surface area contributed by atoms with Crippen molar-refractivity contribution < 1.29 is 18.3 Å². The molecule has 7 heteroatoms. The van der Waals surface area contributed by atoms with E-state index in [-0.39, 0.29) is 17.9 Å². The van der Waals surface area contributed by atoms with Gasteiger partial charge in [-0.05, 0) is 35.7 Å². The van der Waals surface area contributed by atoms with Crippen LogP contribution in [-0.2, 0) is 27.8 Å².